The number of hydrogen-bond acceptors (Lipinski definition) is 4. The first-order valence-electron chi connectivity index (χ1n) is 7.84. The highest BCUT2D eigenvalue weighted by Crippen LogP contribution is 2.22. The molecule has 1 fully saturated rings. The lowest BCUT2D eigenvalue weighted by molar-refractivity contribution is 0.462. The van der Waals surface area contributed by atoms with Crippen molar-refractivity contribution in [2.75, 3.05) is 10.6 Å². The third-order valence-electron chi connectivity index (χ3n) is 3.91. The van der Waals surface area contributed by atoms with E-state index in [1.54, 1.807) is 0 Å². The summed E-state index contributed by atoms with van der Waals surface area (Å²) in [6.45, 7) is 1.99. The molecule has 0 amide bonds. The van der Waals surface area contributed by atoms with Crippen LogP contribution in [-0.2, 0) is 0 Å². The van der Waals surface area contributed by atoms with Gasteiger partial charge in [-0.2, -0.15) is 4.98 Å². The fourth-order valence-electron chi connectivity index (χ4n) is 2.82. The van der Waals surface area contributed by atoms with Gasteiger partial charge in [0.25, 0.3) is 0 Å². The van der Waals surface area contributed by atoms with Gasteiger partial charge in [-0.05, 0) is 44.0 Å². The molecule has 0 radical (unpaired) electrons. The van der Waals surface area contributed by atoms with Gasteiger partial charge >= 0.3 is 0 Å². The number of anilines is 3. The molecular formula is C17H21ClN4. The smallest absolute Gasteiger partial charge is 0.229 e. The predicted molar refractivity (Wildman–Crippen MR) is 92.0 cm³/mol. The third-order valence-corrected chi connectivity index (χ3v) is 4.16. The first-order chi connectivity index (χ1) is 10.7. The van der Waals surface area contributed by atoms with Gasteiger partial charge in [0, 0.05) is 28.5 Å². The molecule has 1 aliphatic carbocycles. The van der Waals surface area contributed by atoms with E-state index in [0.29, 0.717) is 12.0 Å². The summed E-state index contributed by atoms with van der Waals surface area (Å²) in [6, 6.07) is 10.1. The molecule has 1 aromatic carbocycles. The van der Waals surface area contributed by atoms with E-state index >= 15 is 0 Å². The number of halogens is 1. The summed E-state index contributed by atoms with van der Waals surface area (Å²) in [5, 5.41) is 7.49. The van der Waals surface area contributed by atoms with Crippen molar-refractivity contribution < 1.29 is 0 Å². The second-order valence-corrected chi connectivity index (χ2v) is 6.27. The van der Waals surface area contributed by atoms with Crippen LogP contribution in [0.3, 0.4) is 0 Å². The average Bonchev–Trinajstić information content (AvgIpc) is 2.50. The molecule has 2 aromatic rings. The number of aromatic nitrogens is 2. The van der Waals surface area contributed by atoms with Gasteiger partial charge in [-0.1, -0.05) is 30.9 Å². The normalized spacial score (nSPS) is 15.5. The molecule has 0 unspecified atom stereocenters. The highest BCUT2D eigenvalue weighted by molar-refractivity contribution is 6.30. The van der Waals surface area contributed by atoms with E-state index in [4.69, 9.17) is 11.6 Å². The molecule has 1 aromatic heterocycles. The van der Waals surface area contributed by atoms with Crippen LogP contribution in [0, 0.1) is 6.92 Å². The van der Waals surface area contributed by atoms with Crippen molar-refractivity contribution in [3.05, 3.63) is 41.0 Å². The Balaban J connectivity index is 1.72. The molecule has 0 atom stereocenters. The van der Waals surface area contributed by atoms with Gasteiger partial charge in [-0.15, -0.1) is 0 Å². The standard InChI is InChI=1S/C17H21ClN4/c1-12-11-16(20-14-5-3-2-4-6-14)22-17(19-12)21-15-9-7-13(18)8-10-15/h7-11,14H,2-6H2,1H3,(H2,19,20,21,22). The molecule has 116 valence electrons. The van der Waals surface area contributed by atoms with Gasteiger partial charge < -0.3 is 10.6 Å². The number of nitrogens with one attached hydrogen (secondary N) is 2. The van der Waals surface area contributed by atoms with Gasteiger partial charge in [0.2, 0.25) is 5.95 Å². The lowest BCUT2D eigenvalue weighted by atomic mass is 9.95. The summed E-state index contributed by atoms with van der Waals surface area (Å²) in [5.41, 5.74) is 1.88. The van der Waals surface area contributed by atoms with Gasteiger partial charge in [0.15, 0.2) is 0 Å². The maximum Gasteiger partial charge on any atom is 0.229 e. The Labute approximate surface area is 136 Å². The molecular weight excluding hydrogens is 296 g/mol. The minimum absolute atomic E-state index is 0.534. The van der Waals surface area contributed by atoms with E-state index in [-0.39, 0.29) is 0 Å². The minimum Gasteiger partial charge on any atom is -0.367 e. The Hall–Kier alpha value is -1.81. The van der Waals surface area contributed by atoms with Crippen molar-refractivity contribution >= 4 is 29.1 Å². The highest BCUT2D eigenvalue weighted by Gasteiger charge is 2.14. The maximum absolute atomic E-state index is 5.90. The Morgan fingerprint density at radius 1 is 1.05 bits per heavy atom. The maximum atomic E-state index is 5.90. The van der Waals surface area contributed by atoms with Crippen LogP contribution in [-0.4, -0.2) is 16.0 Å². The molecule has 0 bridgehead atoms. The van der Waals surface area contributed by atoms with Crippen molar-refractivity contribution in [1.29, 1.82) is 0 Å². The van der Waals surface area contributed by atoms with E-state index in [1.807, 2.05) is 37.3 Å². The second kappa shape index (κ2) is 6.97. The lowest BCUT2D eigenvalue weighted by Gasteiger charge is -2.23. The topological polar surface area (TPSA) is 49.8 Å². The second-order valence-electron chi connectivity index (χ2n) is 5.83. The Kier molecular flexibility index (Phi) is 4.78. The van der Waals surface area contributed by atoms with Crippen molar-refractivity contribution in [3.63, 3.8) is 0 Å². The van der Waals surface area contributed by atoms with E-state index in [9.17, 15) is 0 Å². The Morgan fingerprint density at radius 3 is 2.50 bits per heavy atom. The first kappa shape index (κ1) is 15.1. The quantitative estimate of drug-likeness (QED) is 0.840. The molecule has 3 rings (SSSR count). The van der Waals surface area contributed by atoms with Crippen LogP contribution in [0.25, 0.3) is 0 Å². The van der Waals surface area contributed by atoms with Crippen LogP contribution in [0.15, 0.2) is 30.3 Å². The molecule has 0 spiro atoms. The largest absolute Gasteiger partial charge is 0.367 e. The molecule has 0 aliphatic heterocycles. The number of hydrogen-bond donors (Lipinski definition) is 2. The molecule has 0 saturated heterocycles. The highest BCUT2D eigenvalue weighted by atomic mass is 35.5. The molecule has 5 heteroatoms. The Bertz CT molecular complexity index is 621. The van der Waals surface area contributed by atoms with Crippen LogP contribution in [0.1, 0.15) is 37.8 Å². The summed E-state index contributed by atoms with van der Waals surface area (Å²) in [6.07, 6.45) is 6.41. The Morgan fingerprint density at radius 2 is 1.77 bits per heavy atom. The first-order valence-corrected chi connectivity index (χ1v) is 8.22. The van der Waals surface area contributed by atoms with Crippen LogP contribution in [0.4, 0.5) is 17.5 Å². The van der Waals surface area contributed by atoms with E-state index in [1.165, 1.54) is 32.1 Å². The van der Waals surface area contributed by atoms with Crippen molar-refractivity contribution in [2.24, 2.45) is 0 Å². The fraction of sp³-hybridized carbons (Fsp3) is 0.412. The molecule has 1 heterocycles. The zero-order chi connectivity index (χ0) is 15.4. The summed E-state index contributed by atoms with van der Waals surface area (Å²) in [4.78, 5) is 9.03. The SMILES string of the molecule is Cc1cc(NC2CCCCC2)nc(Nc2ccc(Cl)cc2)n1. The van der Waals surface area contributed by atoms with Crippen LogP contribution < -0.4 is 10.6 Å². The van der Waals surface area contributed by atoms with Gasteiger partial charge in [0.05, 0.1) is 0 Å². The zero-order valence-electron chi connectivity index (χ0n) is 12.8. The summed E-state index contributed by atoms with van der Waals surface area (Å²) in [7, 11) is 0. The average molecular weight is 317 g/mol. The number of benzene rings is 1. The van der Waals surface area contributed by atoms with Crippen molar-refractivity contribution in [3.8, 4) is 0 Å². The summed E-state index contributed by atoms with van der Waals surface area (Å²) in [5.74, 6) is 1.51. The van der Waals surface area contributed by atoms with Crippen molar-refractivity contribution in [1.82, 2.24) is 9.97 Å². The number of aryl methyl sites for hydroxylation is 1. The van der Waals surface area contributed by atoms with Gasteiger partial charge in [0.1, 0.15) is 5.82 Å². The molecule has 22 heavy (non-hydrogen) atoms. The molecule has 1 aliphatic rings. The zero-order valence-corrected chi connectivity index (χ0v) is 13.5. The van der Waals surface area contributed by atoms with E-state index in [0.717, 1.165) is 22.2 Å². The number of rotatable bonds is 4. The monoisotopic (exact) mass is 316 g/mol. The van der Waals surface area contributed by atoms with Crippen LogP contribution >= 0.6 is 11.6 Å². The summed E-state index contributed by atoms with van der Waals surface area (Å²) < 4.78 is 0. The molecule has 4 nitrogen and oxygen atoms in total. The van der Waals surface area contributed by atoms with Gasteiger partial charge in [-0.25, -0.2) is 4.98 Å². The van der Waals surface area contributed by atoms with Crippen molar-refractivity contribution in [2.45, 2.75) is 45.1 Å². The predicted octanol–water partition coefficient (Wildman–Crippen LogP) is 4.93. The van der Waals surface area contributed by atoms with Crippen LogP contribution in [0.2, 0.25) is 5.02 Å². The lowest BCUT2D eigenvalue weighted by Crippen LogP contribution is -2.23. The van der Waals surface area contributed by atoms with Crippen LogP contribution in [0.5, 0.6) is 0 Å². The van der Waals surface area contributed by atoms with Gasteiger partial charge in [-0.3, -0.25) is 0 Å². The molecule has 1 saturated carbocycles. The minimum atomic E-state index is 0.534. The van der Waals surface area contributed by atoms with E-state index in [2.05, 4.69) is 20.6 Å². The molecule has 2 N–H and O–H groups in total. The number of nitrogens with zero attached hydrogens (tertiary/aromatic N) is 2. The van der Waals surface area contributed by atoms with E-state index < -0.39 is 0 Å². The third kappa shape index (κ3) is 4.10. The fourth-order valence-corrected chi connectivity index (χ4v) is 2.94. The summed E-state index contributed by atoms with van der Waals surface area (Å²) >= 11 is 5.90.